The number of hydrogen-bond acceptors (Lipinski definition) is 4. The molecule has 138 valence electrons. The molecule has 0 N–H and O–H groups in total. The molecule has 0 unspecified atom stereocenters. The minimum Gasteiger partial charge on any atom is -0.331 e. The number of aromatic nitrogens is 3. The zero-order valence-corrected chi connectivity index (χ0v) is 15.7. The topological polar surface area (TPSA) is 53.7 Å². The molecular formula is C20H27N5O. The van der Waals surface area contributed by atoms with Crippen molar-refractivity contribution in [1.29, 1.82) is 0 Å². The van der Waals surface area contributed by atoms with E-state index >= 15 is 0 Å². The predicted octanol–water partition coefficient (Wildman–Crippen LogP) is 2.36. The fourth-order valence-corrected chi connectivity index (χ4v) is 5.28. The molecule has 2 saturated heterocycles. The summed E-state index contributed by atoms with van der Waals surface area (Å²) in [6.07, 6.45) is 7.52. The number of hydrogen-bond donors (Lipinski definition) is 0. The summed E-state index contributed by atoms with van der Waals surface area (Å²) in [6.45, 7) is 6.99. The molecule has 2 aromatic heterocycles. The van der Waals surface area contributed by atoms with Gasteiger partial charge in [0.15, 0.2) is 5.65 Å². The molecule has 2 bridgehead atoms. The van der Waals surface area contributed by atoms with Crippen LogP contribution in [0.15, 0.2) is 12.3 Å². The third-order valence-corrected chi connectivity index (χ3v) is 6.42. The maximum absolute atomic E-state index is 13.2. The van der Waals surface area contributed by atoms with Gasteiger partial charge in [-0.15, -0.1) is 0 Å². The van der Waals surface area contributed by atoms with Crippen LogP contribution in [0, 0.1) is 12.8 Å². The Kier molecular flexibility index (Phi) is 3.78. The van der Waals surface area contributed by atoms with E-state index in [9.17, 15) is 4.79 Å². The van der Waals surface area contributed by atoms with Gasteiger partial charge in [0.25, 0.3) is 0 Å². The monoisotopic (exact) mass is 353 g/mol. The summed E-state index contributed by atoms with van der Waals surface area (Å²) in [5, 5.41) is 4.64. The average Bonchev–Trinajstić information content (AvgIpc) is 3.14. The van der Waals surface area contributed by atoms with Crippen LogP contribution in [-0.4, -0.2) is 56.0 Å². The van der Waals surface area contributed by atoms with E-state index in [0.29, 0.717) is 24.4 Å². The molecule has 0 aliphatic carbocycles. The van der Waals surface area contributed by atoms with Crippen LogP contribution in [-0.2, 0) is 11.2 Å². The number of carbonyl (C=O) groups excluding carboxylic acids is 1. The second-order valence-electron chi connectivity index (χ2n) is 8.45. The highest BCUT2D eigenvalue weighted by Gasteiger charge is 2.44. The number of carbonyl (C=O) groups is 1. The van der Waals surface area contributed by atoms with Crippen LogP contribution in [0.1, 0.15) is 55.6 Å². The van der Waals surface area contributed by atoms with Gasteiger partial charge in [0, 0.05) is 36.8 Å². The van der Waals surface area contributed by atoms with Crippen molar-refractivity contribution < 1.29 is 4.79 Å². The molecule has 26 heavy (non-hydrogen) atoms. The number of rotatable bonds is 2. The van der Waals surface area contributed by atoms with Gasteiger partial charge in [-0.3, -0.25) is 9.69 Å². The Morgan fingerprint density at radius 2 is 2.19 bits per heavy atom. The number of piperidine rings is 1. The van der Waals surface area contributed by atoms with E-state index in [1.807, 2.05) is 23.7 Å². The highest BCUT2D eigenvalue weighted by Crippen LogP contribution is 2.43. The standard InChI is InChI=1S/C20H27N5O/c1-13-4-3-7-23(11-13)12-20(26)24-15-5-6-17(24)16-10-21-19-8-14(2)22-25(19)18(16)9-15/h8,10,13,15,17H,3-7,9,11-12H2,1-2H3/t13-,15-,17+/m0/s1. The largest absolute Gasteiger partial charge is 0.331 e. The van der Waals surface area contributed by atoms with Crippen LogP contribution in [0.5, 0.6) is 0 Å². The molecular weight excluding hydrogens is 326 g/mol. The fourth-order valence-electron chi connectivity index (χ4n) is 5.28. The van der Waals surface area contributed by atoms with Crippen molar-refractivity contribution in [3.63, 3.8) is 0 Å². The number of aryl methyl sites for hydroxylation is 1. The third-order valence-electron chi connectivity index (χ3n) is 6.42. The zero-order chi connectivity index (χ0) is 17.8. The van der Waals surface area contributed by atoms with Gasteiger partial charge in [-0.05, 0) is 45.1 Å². The summed E-state index contributed by atoms with van der Waals surface area (Å²) >= 11 is 0. The van der Waals surface area contributed by atoms with Crippen molar-refractivity contribution in [2.24, 2.45) is 5.92 Å². The first-order chi connectivity index (χ1) is 12.6. The number of nitrogens with zero attached hydrogens (tertiary/aromatic N) is 5. The van der Waals surface area contributed by atoms with Crippen molar-refractivity contribution in [3.8, 4) is 0 Å². The summed E-state index contributed by atoms with van der Waals surface area (Å²) in [5.74, 6) is 1.00. The first-order valence-electron chi connectivity index (χ1n) is 9.98. The highest BCUT2D eigenvalue weighted by atomic mass is 16.2. The van der Waals surface area contributed by atoms with Crippen molar-refractivity contribution in [2.75, 3.05) is 19.6 Å². The van der Waals surface area contributed by atoms with E-state index in [1.165, 1.54) is 24.1 Å². The predicted molar refractivity (Wildman–Crippen MR) is 98.9 cm³/mol. The maximum atomic E-state index is 13.2. The summed E-state index contributed by atoms with van der Waals surface area (Å²) in [5.41, 5.74) is 4.37. The van der Waals surface area contributed by atoms with Crippen LogP contribution < -0.4 is 0 Å². The molecule has 6 heteroatoms. The quantitative estimate of drug-likeness (QED) is 0.832. The lowest BCUT2D eigenvalue weighted by Gasteiger charge is -2.38. The van der Waals surface area contributed by atoms with E-state index in [4.69, 9.17) is 0 Å². The Hall–Kier alpha value is -1.95. The van der Waals surface area contributed by atoms with E-state index in [1.54, 1.807) is 0 Å². The molecule has 0 radical (unpaired) electrons. The Bertz CT molecular complexity index is 859. The third kappa shape index (κ3) is 2.54. The van der Waals surface area contributed by atoms with Crippen LogP contribution in [0.3, 0.4) is 0 Å². The lowest BCUT2D eigenvalue weighted by atomic mass is 9.98. The molecule has 3 atom stereocenters. The van der Waals surface area contributed by atoms with Crippen molar-refractivity contribution in [2.45, 2.75) is 58.0 Å². The lowest BCUT2D eigenvalue weighted by Crippen LogP contribution is -2.48. The van der Waals surface area contributed by atoms with Crippen LogP contribution in [0.2, 0.25) is 0 Å². The van der Waals surface area contributed by atoms with Gasteiger partial charge in [0.05, 0.1) is 24.0 Å². The van der Waals surface area contributed by atoms with Crippen LogP contribution in [0.25, 0.3) is 5.65 Å². The summed E-state index contributed by atoms with van der Waals surface area (Å²) in [7, 11) is 0. The highest BCUT2D eigenvalue weighted by molar-refractivity contribution is 5.80. The second kappa shape index (κ2) is 6.05. The van der Waals surface area contributed by atoms with Gasteiger partial charge in [-0.1, -0.05) is 6.92 Å². The number of amides is 1. The molecule has 5 heterocycles. The van der Waals surface area contributed by atoms with Crippen molar-refractivity contribution in [1.82, 2.24) is 24.4 Å². The Morgan fingerprint density at radius 3 is 3.04 bits per heavy atom. The fraction of sp³-hybridized carbons (Fsp3) is 0.650. The molecule has 0 aromatic carbocycles. The second-order valence-corrected chi connectivity index (χ2v) is 8.45. The molecule has 2 fully saturated rings. The van der Waals surface area contributed by atoms with Gasteiger partial charge < -0.3 is 4.90 Å². The molecule has 3 aliphatic rings. The van der Waals surface area contributed by atoms with E-state index in [0.717, 1.165) is 43.7 Å². The van der Waals surface area contributed by atoms with E-state index < -0.39 is 0 Å². The molecule has 0 saturated carbocycles. The summed E-state index contributed by atoms with van der Waals surface area (Å²) < 4.78 is 2.00. The minimum atomic E-state index is 0.180. The molecule has 6 nitrogen and oxygen atoms in total. The summed E-state index contributed by atoms with van der Waals surface area (Å²) in [4.78, 5) is 22.3. The van der Waals surface area contributed by atoms with Gasteiger partial charge >= 0.3 is 0 Å². The van der Waals surface area contributed by atoms with Crippen molar-refractivity contribution in [3.05, 3.63) is 29.2 Å². The molecule has 2 aromatic rings. The molecule has 5 rings (SSSR count). The Morgan fingerprint density at radius 1 is 1.31 bits per heavy atom. The van der Waals surface area contributed by atoms with Crippen LogP contribution >= 0.6 is 0 Å². The lowest BCUT2D eigenvalue weighted by molar-refractivity contribution is -0.136. The zero-order valence-electron chi connectivity index (χ0n) is 15.7. The SMILES string of the molecule is Cc1cc2ncc3c(n2n1)C[C@@H]1CC[C@H]3N1C(=O)CN1CCC[C@H](C)C1. The smallest absolute Gasteiger partial charge is 0.237 e. The molecule has 3 aliphatic heterocycles. The first-order valence-corrected chi connectivity index (χ1v) is 9.98. The summed E-state index contributed by atoms with van der Waals surface area (Å²) in [6, 6.07) is 2.52. The van der Waals surface area contributed by atoms with E-state index in [2.05, 4.69) is 26.8 Å². The number of likely N-dealkylation sites (tertiary alicyclic amines) is 1. The minimum absolute atomic E-state index is 0.180. The van der Waals surface area contributed by atoms with Gasteiger partial charge in [0.2, 0.25) is 5.91 Å². The first kappa shape index (κ1) is 16.2. The van der Waals surface area contributed by atoms with Crippen LogP contribution in [0.4, 0.5) is 0 Å². The van der Waals surface area contributed by atoms with Crippen molar-refractivity contribution >= 4 is 11.6 Å². The Balaban J connectivity index is 1.42. The average molecular weight is 353 g/mol. The van der Waals surface area contributed by atoms with Gasteiger partial charge in [0.1, 0.15) is 0 Å². The molecule has 0 spiro atoms. The normalized spacial score (nSPS) is 28.5. The maximum Gasteiger partial charge on any atom is 0.237 e. The van der Waals surface area contributed by atoms with Gasteiger partial charge in [-0.25, -0.2) is 9.50 Å². The number of fused-ring (bicyclic) bond motifs is 6. The molecule has 1 amide bonds. The Labute approximate surface area is 154 Å². The van der Waals surface area contributed by atoms with Gasteiger partial charge in [-0.2, -0.15) is 5.10 Å². The van der Waals surface area contributed by atoms with E-state index in [-0.39, 0.29) is 6.04 Å².